The van der Waals surface area contributed by atoms with Gasteiger partial charge in [0.15, 0.2) is 0 Å². The normalized spacial score (nSPS) is 14.8. The summed E-state index contributed by atoms with van der Waals surface area (Å²) in [5.41, 5.74) is 0.453. The summed E-state index contributed by atoms with van der Waals surface area (Å²) < 4.78 is 28.1. The Balaban J connectivity index is 1.56. The lowest BCUT2D eigenvalue weighted by molar-refractivity contribution is 0.580. The van der Waals surface area contributed by atoms with Gasteiger partial charge in [-0.3, -0.25) is 4.98 Å². The van der Waals surface area contributed by atoms with Crippen molar-refractivity contribution < 1.29 is 8.42 Å². The fourth-order valence-electron chi connectivity index (χ4n) is 3.13. The van der Waals surface area contributed by atoms with E-state index in [0.717, 1.165) is 37.1 Å². The van der Waals surface area contributed by atoms with Crippen LogP contribution in [0.4, 0.5) is 5.82 Å². The van der Waals surface area contributed by atoms with Gasteiger partial charge < -0.3 is 4.90 Å². The molecule has 134 valence electrons. The molecule has 3 aromatic rings. The van der Waals surface area contributed by atoms with Crippen molar-refractivity contribution in [2.75, 3.05) is 18.0 Å². The van der Waals surface area contributed by atoms with Crippen LogP contribution >= 0.6 is 0 Å². The number of hydrogen-bond donors (Lipinski definition) is 1. The molecule has 2 aromatic heterocycles. The van der Waals surface area contributed by atoms with Crippen LogP contribution in [0.25, 0.3) is 10.9 Å². The van der Waals surface area contributed by atoms with E-state index in [4.69, 9.17) is 0 Å². The molecular weight excluding hydrogens is 350 g/mol. The molecule has 8 heteroatoms. The lowest BCUT2D eigenvalue weighted by Crippen LogP contribution is -2.25. The molecule has 1 aliphatic heterocycles. The van der Waals surface area contributed by atoms with Gasteiger partial charge in [0.05, 0.1) is 12.1 Å². The first-order chi connectivity index (χ1) is 12.6. The fourth-order valence-corrected chi connectivity index (χ4v) is 4.28. The maximum absolute atomic E-state index is 12.7. The summed E-state index contributed by atoms with van der Waals surface area (Å²) in [5, 5.41) is 0.780. The molecule has 0 bridgehead atoms. The summed E-state index contributed by atoms with van der Waals surface area (Å²) in [6.45, 7) is 1.99. The molecule has 3 heterocycles. The highest BCUT2D eigenvalue weighted by molar-refractivity contribution is 7.89. The Morgan fingerprint density at radius 3 is 2.65 bits per heavy atom. The van der Waals surface area contributed by atoms with Crippen molar-refractivity contribution >= 4 is 26.7 Å². The monoisotopic (exact) mass is 369 g/mol. The van der Waals surface area contributed by atoms with Crippen LogP contribution < -0.4 is 9.62 Å². The second kappa shape index (κ2) is 6.97. The number of hydrogen-bond acceptors (Lipinski definition) is 6. The molecule has 0 spiro atoms. The summed E-state index contributed by atoms with van der Waals surface area (Å²) >= 11 is 0. The van der Waals surface area contributed by atoms with Crippen LogP contribution in [0.5, 0.6) is 0 Å². The van der Waals surface area contributed by atoms with Crippen LogP contribution in [0, 0.1) is 0 Å². The molecule has 0 amide bonds. The van der Waals surface area contributed by atoms with Crippen LogP contribution in [0.15, 0.2) is 53.7 Å². The third-order valence-electron chi connectivity index (χ3n) is 4.43. The van der Waals surface area contributed by atoms with Crippen LogP contribution in [0.3, 0.4) is 0 Å². The molecular formula is C18H19N5O2S. The smallest absolute Gasteiger partial charge is 0.243 e. The molecule has 0 atom stereocenters. The van der Waals surface area contributed by atoms with Gasteiger partial charge in [-0.2, -0.15) is 0 Å². The van der Waals surface area contributed by atoms with E-state index in [-0.39, 0.29) is 11.4 Å². The van der Waals surface area contributed by atoms with E-state index >= 15 is 0 Å². The summed E-state index contributed by atoms with van der Waals surface area (Å²) in [7, 11) is -3.72. The van der Waals surface area contributed by atoms with Gasteiger partial charge in [-0.1, -0.05) is 18.2 Å². The summed E-state index contributed by atoms with van der Waals surface area (Å²) in [5.74, 6) is 1.30. The van der Waals surface area contributed by atoms with Gasteiger partial charge in [-0.15, -0.1) is 0 Å². The van der Waals surface area contributed by atoms with E-state index in [2.05, 4.69) is 24.6 Å². The number of para-hydroxylation sites is 1. The predicted octanol–water partition coefficient (Wildman–Crippen LogP) is 2.10. The highest BCUT2D eigenvalue weighted by Gasteiger charge is 2.19. The second-order valence-electron chi connectivity index (χ2n) is 6.18. The molecule has 1 fully saturated rings. The summed E-state index contributed by atoms with van der Waals surface area (Å²) in [4.78, 5) is 15.2. The average Bonchev–Trinajstić information content (AvgIpc) is 3.21. The highest BCUT2D eigenvalue weighted by atomic mass is 32.2. The SMILES string of the molecule is O=S(=O)(NCc1nccc(N2CCCC2)n1)c1cccc2cccnc12. The molecule has 1 aliphatic rings. The number of nitrogens with one attached hydrogen (secondary N) is 1. The van der Waals surface area contributed by atoms with Crippen molar-refractivity contribution in [1.82, 2.24) is 19.7 Å². The van der Waals surface area contributed by atoms with Gasteiger partial charge in [0.1, 0.15) is 16.5 Å². The third kappa shape index (κ3) is 3.38. The zero-order chi connectivity index (χ0) is 18.0. The Morgan fingerprint density at radius 1 is 1.00 bits per heavy atom. The van der Waals surface area contributed by atoms with E-state index in [9.17, 15) is 8.42 Å². The number of fused-ring (bicyclic) bond motifs is 1. The van der Waals surface area contributed by atoms with Gasteiger partial charge in [0, 0.05) is 30.9 Å². The van der Waals surface area contributed by atoms with Crippen LogP contribution in [0.2, 0.25) is 0 Å². The van der Waals surface area contributed by atoms with Gasteiger partial charge in [0.2, 0.25) is 10.0 Å². The molecule has 0 saturated carbocycles. The maximum Gasteiger partial charge on any atom is 0.243 e. The first kappa shape index (κ1) is 16.9. The Labute approximate surface area is 152 Å². The Hall–Kier alpha value is -2.58. The molecule has 0 radical (unpaired) electrons. The third-order valence-corrected chi connectivity index (χ3v) is 5.86. The van der Waals surface area contributed by atoms with Crippen molar-refractivity contribution in [3.8, 4) is 0 Å². The number of benzene rings is 1. The van der Waals surface area contributed by atoms with Gasteiger partial charge in [-0.05, 0) is 31.0 Å². The van der Waals surface area contributed by atoms with E-state index in [0.29, 0.717) is 11.3 Å². The number of nitrogens with zero attached hydrogens (tertiary/aromatic N) is 4. The number of pyridine rings is 1. The first-order valence-corrected chi connectivity index (χ1v) is 10.0. The Morgan fingerprint density at radius 2 is 1.81 bits per heavy atom. The van der Waals surface area contributed by atoms with Gasteiger partial charge in [0.25, 0.3) is 0 Å². The zero-order valence-corrected chi connectivity index (χ0v) is 15.0. The largest absolute Gasteiger partial charge is 0.357 e. The molecule has 26 heavy (non-hydrogen) atoms. The van der Waals surface area contributed by atoms with Crippen molar-refractivity contribution in [2.45, 2.75) is 24.3 Å². The second-order valence-corrected chi connectivity index (χ2v) is 7.92. The summed E-state index contributed by atoms with van der Waals surface area (Å²) in [6.07, 6.45) is 5.56. The molecule has 7 nitrogen and oxygen atoms in total. The number of aromatic nitrogens is 3. The van der Waals surface area contributed by atoms with Crippen LogP contribution in [-0.4, -0.2) is 36.5 Å². The van der Waals surface area contributed by atoms with Crippen molar-refractivity contribution in [3.05, 3.63) is 54.6 Å². The molecule has 4 rings (SSSR count). The quantitative estimate of drug-likeness (QED) is 0.741. The molecule has 0 unspecified atom stereocenters. The number of anilines is 1. The average molecular weight is 369 g/mol. The minimum atomic E-state index is -3.72. The molecule has 0 aliphatic carbocycles. The Kier molecular flexibility index (Phi) is 4.52. The summed E-state index contributed by atoms with van der Waals surface area (Å²) in [6, 6.07) is 10.6. The number of rotatable bonds is 5. The van der Waals surface area contributed by atoms with Crippen molar-refractivity contribution in [2.24, 2.45) is 0 Å². The highest BCUT2D eigenvalue weighted by Crippen LogP contribution is 2.21. The van der Waals surface area contributed by atoms with Gasteiger partial charge >= 0.3 is 0 Å². The molecule has 1 saturated heterocycles. The minimum absolute atomic E-state index is 0.0350. The molecule has 1 N–H and O–H groups in total. The van der Waals surface area contributed by atoms with E-state index in [1.165, 1.54) is 0 Å². The lowest BCUT2D eigenvalue weighted by Gasteiger charge is -2.16. The maximum atomic E-state index is 12.7. The Bertz CT molecular complexity index is 1030. The van der Waals surface area contributed by atoms with Crippen molar-refractivity contribution in [1.29, 1.82) is 0 Å². The molecule has 1 aromatic carbocycles. The fraction of sp³-hybridized carbons (Fsp3) is 0.278. The topological polar surface area (TPSA) is 88.1 Å². The minimum Gasteiger partial charge on any atom is -0.357 e. The lowest BCUT2D eigenvalue weighted by atomic mass is 10.2. The first-order valence-electron chi connectivity index (χ1n) is 8.54. The number of sulfonamides is 1. The van der Waals surface area contributed by atoms with Crippen molar-refractivity contribution in [3.63, 3.8) is 0 Å². The van der Waals surface area contributed by atoms with E-state index in [1.807, 2.05) is 18.2 Å². The van der Waals surface area contributed by atoms with Crippen LogP contribution in [-0.2, 0) is 16.6 Å². The zero-order valence-electron chi connectivity index (χ0n) is 14.2. The van der Waals surface area contributed by atoms with Crippen LogP contribution in [0.1, 0.15) is 18.7 Å². The predicted molar refractivity (Wildman–Crippen MR) is 99.2 cm³/mol. The van der Waals surface area contributed by atoms with E-state index in [1.54, 1.807) is 30.6 Å². The standard InChI is InChI=1S/C18H19N5O2S/c24-26(25,15-7-3-5-14-6-4-9-20-18(14)15)21-13-16-19-10-8-17(22-16)23-11-1-2-12-23/h3-10,21H,1-2,11-13H2. The van der Waals surface area contributed by atoms with Gasteiger partial charge in [-0.25, -0.2) is 23.1 Å². The van der Waals surface area contributed by atoms with E-state index < -0.39 is 10.0 Å².